The number of aromatic nitrogens is 2. The van der Waals surface area contributed by atoms with Crippen molar-refractivity contribution in [2.45, 2.75) is 12.5 Å². The standard InChI is InChI=1S/C10H14N4O2/c1-13-8(15)5-6(10(11)16)9(13)7-3-4-12-14(7)2/h3-4,6,9H,5H2,1-2H3,(H2,11,16)/t6-,9-/m1/s1. The fourth-order valence-electron chi connectivity index (χ4n) is 2.20. The van der Waals surface area contributed by atoms with Crippen molar-refractivity contribution in [3.05, 3.63) is 18.0 Å². The summed E-state index contributed by atoms with van der Waals surface area (Å²) in [6.07, 6.45) is 1.83. The minimum Gasteiger partial charge on any atom is -0.369 e. The predicted octanol–water partition coefficient (Wildman–Crippen LogP) is -0.575. The maximum absolute atomic E-state index is 11.6. The van der Waals surface area contributed by atoms with Gasteiger partial charge in [-0.3, -0.25) is 14.3 Å². The number of carbonyl (C=O) groups is 2. The highest BCUT2D eigenvalue weighted by molar-refractivity contribution is 5.89. The Hall–Kier alpha value is -1.85. The number of nitrogens with two attached hydrogens (primary N) is 1. The second kappa shape index (κ2) is 3.62. The van der Waals surface area contributed by atoms with Crippen molar-refractivity contribution in [3.8, 4) is 0 Å². The van der Waals surface area contributed by atoms with Crippen molar-refractivity contribution in [1.82, 2.24) is 14.7 Å². The van der Waals surface area contributed by atoms with E-state index >= 15 is 0 Å². The molecule has 0 spiro atoms. The molecule has 0 bridgehead atoms. The third-order valence-electron chi connectivity index (χ3n) is 3.11. The zero-order valence-electron chi connectivity index (χ0n) is 9.25. The van der Waals surface area contributed by atoms with Crippen LogP contribution in [0.25, 0.3) is 0 Å². The van der Waals surface area contributed by atoms with E-state index in [0.29, 0.717) is 0 Å². The molecule has 0 aromatic carbocycles. The number of hydrogen-bond acceptors (Lipinski definition) is 3. The van der Waals surface area contributed by atoms with Crippen LogP contribution < -0.4 is 5.73 Å². The maximum atomic E-state index is 11.6. The Bertz CT molecular complexity index is 440. The van der Waals surface area contributed by atoms with Gasteiger partial charge in [0.1, 0.15) is 0 Å². The Morgan fingerprint density at radius 1 is 1.56 bits per heavy atom. The fourth-order valence-corrected chi connectivity index (χ4v) is 2.20. The molecule has 2 atom stereocenters. The van der Waals surface area contributed by atoms with E-state index in [2.05, 4.69) is 5.10 Å². The molecule has 0 saturated carbocycles. The van der Waals surface area contributed by atoms with Crippen LogP contribution in [-0.4, -0.2) is 33.5 Å². The molecule has 1 aliphatic heterocycles. The van der Waals surface area contributed by atoms with Crippen LogP contribution >= 0.6 is 0 Å². The number of rotatable bonds is 2. The van der Waals surface area contributed by atoms with Crippen LogP contribution in [0.1, 0.15) is 18.2 Å². The van der Waals surface area contributed by atoms with E-state index in [1.807, 2.05) is 0 Å². The molecule has 1 fully saturated rings. The van der Waals surface area contributed by atoms with Crippen LogP contribution in [0.5, 0.6) is 0 Å². The molecule has 16 heavy (non-hydrogen) atoms. The van der Waals surface area contributed by atoms with Gasteiger partial charge in [0.05, 0.1) is 17.7 Å². The molecule has 86 valence electrons. The van der Waals surface area contributed by atoms with Crippen LogP contribution in [0, 0.1) is 5.92 Å². The summed E-state index contributed by atoms with van der Waals surface area (Å²) in [5.74, 6) is -0.966. The molecule has 6 nitrogen and oxygen atoms in total. The number of likely N-dealkylation sites (tertiary alicyclic amines) is 1. The van der Waals surface area contributed by atoms with Gasteiger partial charge in [-0.05, 0) is 6.07 Å². The van der Waals surface area contributed by atoms with Gasteiger partial charge >= 0.3 is 0 Å². The molecular formula is C10H14N4O2. The van der Waals surface area contributed by atoms with Gasteiger partial charge in [0.2, 0.25) is 11.8 Å². The van der Waals surface area contributed by atoms with Gasteiger partial charge in [-0.25, -0.2) is 0 Å². The van der Waals surface area contributed by atoms with Crippen molar-refractivity contribution in [2.24, 2.45) is 18.7 Å². The number of carbonyl (C=O) groups excluding carboxylic acids is 2. The largest absolute Gasteiger partial charge is 0.369 e. The second-order valence-corrected chi connectivity index (χ2v) is 4.04. The molecule has 2 N–H and O–H groups in total. The number of hydrogen-bond donors (Lipinski definition) is 1. The van der Waals surface area contributed by atoms with Crippen LogP contribution in [0.15, 0.2) is 12.3 Å². The van der Waals surface area contributed by atoms with Crippen molar-refractivity contribution in [2.75, 3.05) is 7.05 Å². The Labute approximate surface area is 93.0 Å². The fraction of sp³-hybridized carbons (Fsp3) is 0.500. The normalized spacial score (nSPS) is 25.1. The van der Waals surface area contributed by atoms with E-state index in [4.69, 9.17) is 5.73 Å². The maximum Gasteiger partial charge on any atom is 0.223 e. The van der Waals surface area contributed by atoms with E-state index in [1.165, 1.54) is 0 Å². The first-order chi connectivity index (χ1) is 7.52. The van der Waals surface area contributed by atoms with Crippen LogP contribution in [0.4, 0.5) is 0 Å². The molecule has 1 aromatic heterocycles. The smallest absolute Gasteiger partial charge is 0.223 e. The Balaban J connectivity index is 2.40. The lowest BCUT2D eigenvalue weighted by atomic mass is 9.97. The number of primary amides is 1. The Morgan fingerprint density at radius 3 is 2.75 bits per heavy atom. The highest BCUT2D eigenvalue weighted by atomic mass is 16.2. The molecule has 1 aromatic rings. The first-order valence-electron chi connectivity index (χ1n) is 5.05. The second-order valence-electron chi connectivity index (χ2n) is 4.04. The lowest BCUT2D eigenvalue weighted by Crippen LogP contribution is -2.31. The van der Waals surface area contributed by atoms with Gasteiger partial charge in [0.15, 0.2) is 0 Å². The lowest BCUT2D eigenvalue weighted by Gasteiger charge is -2.23. The third-order valence-corrected chi connectivity index (χ3v) is 3.11. The van der Waals surface area contributed by atoms with Gasteiger partial charge in [-0.2, -0.15) is 5.10 Å². The first-order valence-corrected chi connectivity index (χ1v) is 5.05. The first kappa shape index (κ1) is 10.7. The monoisotopic (exact) mass is 222 g/mol. The van der Waals surface area contributed by atoms with E-state index in [0.717, 1.165) is 5.69 Å². The summed E-state index contributed by atoms with van der Waals surface area (Å²) in [7, 11) is 3.47. The lowest BCUT2D eigenvalue weighted by molar-refractivity contribution is -0.128. The van der Waals surface area contributed by atoms with Gasteiger partial charge < -0.3 is 10.6 Å². The number of nitrogens with zero attached hydrogens (tertiary/aromatic N) is 3. The van der Waals surface area contributed by atoms with E-state index in [-0.39, 0.29) is 18.4 Å². The van der Waals surface area contributed by atoms with Crippen molar-refractivity contribution < 1.29 is 9.59 Å². The number of aryl methyl sites for hydroxylation is 1. The number of amides is 2. The molecule has 1 saturated heterocycles. The Morgan fingerprint density at radius 2 is 2.25 bits per heavy atom. The average Bonchev–Trinajstić information content (AvgIpc) is 2.73. The summed E-state index contributed by atoms with van der Waals surface area (Å²) < 4.78 is 1.66. The van der Waals surface area contributed by atoms with E-state index in [1.54, 1.807) is 35.9 Å². The zero-order chi connectivity index (χ0) is 11.9. The van der Waals surface area contributed by atoms with Crippen molar-refractivity contribution in [1.29, 1.82) is 0 Å². The summed E-state index contributed by atoms with van der Waals surface area (Å²) >= 11 is 0. The van der Waals surface area contributed by atoms with Crippen LogP contribution in [0.3, 0.4) is 0 Å². The summed E-state index contributed by atoms with van der Waals surface area (Å²) in [4.78, 5) is 24.5. The van der Waals surface area contributed by atoms with Gasteiger partial charge in [0.25, 0.3) is 0 Å². The topological polar surface area (TPSA) is 81.2 Å². The van der Waals surface area contributed by atoms with Crippen LogP contribution in [0.2, 0.25) is 0 Å². The van der Waals surface area contributed by atoms with Crippen molar-refractivity contribution >= 4 is 11.8 Å². The highest BCUT2D eigenvalue weighted by Crippen LogP contribution is 2.36. The molecule has 0 aliphatic carbocycles. The van der Waals surface area contributed by atoms with Crippen LogP contribution in [-0.2, 0) is 16.6 Å². The summed E-state index contributed by atoms with van der Waals surface area (Å²) in [5.41, 5.74) is 6.15. The minimum absolute atomic E-state index is 0.0602. The minimum atomic E-state index is -0.465. The molecular weight excluding hydrogens is 208 g/mol. The highest BCUT2D eigenvalue weighted by Gasteiger charge is 2.42. The summed E-state index contributed by atoms with van der Waals surface area (Å²) in [6, 6.07) is 1.51. The van der Waals surface area contributed by atoms with E-state index < -0.39 is 11.8 Å². The molecule has 1 aliphatic rings. The molecule has 2 heterocycles. The van der Waals surface area contributed by atoms with Gasteiger partial charge in [0, 0.05) is 26.7 Å². The molecule has 2 rings (SSSR count). The van der Waals surface area contributed by atoms with E-state index in [9.17, 15) is 9.59 Å². The average molecular weight is 222 g/mol. The van der Waals surface area contributed by atoms with Crippen molar-refractivity contribution in [3.63, 3.8) is 0 Å². The van der Waals surface area contributed by atoms with Gasteiger partial charge in [-0.15, -0.1) is 0 Å². The summed E-state index contributed by atoms with van der Waals surface area (Å²) in [6.45, 7) is 0. The summed E-state index contributed by atoms with van der Waals surface area (Å²) in [5, 5.41) is 4.04. The molecule has 0 radical (unpaired) electrons. The van der Waals surface area contributed by atoms with Gasteiger partial charge in [-0.1, -0.05) is 0 Å². The zero-order valence-corrected chi connectivity index (χ0v) is 9.25. The Kier molecular flexibility index (Phi) is 2.41. The molecule has 2 amide bonds. The quantitative estimate of drug-likeness (QED) is 0.727. The predicted molar refractivity (Wildman–Crippen MR) is 56.0 cm³/mol. The molecule has 0 unspecified atom stereocenters. The third kappa shape index (κ3) is 1.46. The molecule has 6 heteroatoms. The SMILES string of the molecule is CN1C(=O)C[C@@H](C(N)=O)[C@@H]1c1ccnn1C.